The van der Waals surface area contributed by atoms with Crippen molar-refractivity contribution < 1.29 is 27.6 Å². The molecule has 2 aromatic heterocycles. The Kier molecular flexibility index (Phi) is 12.0. The average molecular weight is 893 g/mol. The molecule has 328 valence electrons. The number of hydrogen-bond donors (Lipinski definition) is 4. The third-order valence-corrected chi connectivity index (χ3v) is 14.7. The van der Waals surface area contributed by atoms with Crippen LogP contribution < -0.4 is 19.7 Å². The molecule has 3 fully saturated rings. The van der Waals surface area contributed by atoms with E-state index in [9.17, 15) is 23.3 Å². The summed E-state index contributed by atoms with van der Waals surface area (Å²) in [6.07, 6.45) is 12.6. The molecular weight excluding hydrogens is 844 g/mol. The molecule has 5 aromatic rings. The number of pyridine rings is 1. The monoisotopic (exact) mass is 892 g/mol. The number of hydrogen-bond acceptors (Lipinski definition) is 12. The number of anilines is 2. The predicted octanol–water partition coefficient (Wildman–Crippen LogP) is 8.55. The number of carbonyl (C=O) groups excluding carboxylic acids is 1. The summed E-state index contributed by atoms with van der Waals surface area (Å²) in [5.74, 6) is -0.546. The van der Waals surface area contributed by atoms with Crippen LogP contribution in [0.25, 0.3) is 16.6 Å². The van der Waals surface area contributed by atoms with Crippen LogP contribution in [-0.4, -0.2) is 92.3 Å². The summed E-state index contributed by atoms with van der Waals surface area (Å²) in [6.45, 7) is 4.92. The van der Waals surface area contributed by atoms with Crippen LogP contribution in [0.3, 0.4) is 0 Å². The zero-order chi connectivity index (χ0) is 43.7. The highest BCUT2D eigenvalue weighted by Crippen LogP contribution is 2.55. The number of allylic oxidation sites excluding steroid dienone is 1. The van der Waals surface area contributed by atoms with Crippen LogP contribution in [0.15, 0.2) is 89.6 Å². The highest BCUT2D eigenvalue weighted by Gasteiger charge is 2.41. The van der Waals surface area contributed by atoms with E-state index in [1.807, 2.05) is 18.2 Å². The Labute approximate surface area is 370 Å². The van der Waals surface area contributed by atoms with E-state index in [-0.39, 0.29) is 28.6 Å². The second kappa shape index (κ2) is 17.8. The van der Waals surface area contributed by atoms with Gasteiger partial charge >= 0.3 is 0 Å². The number of nitro groups is 1. The van der Waals surface area contributed by atoms with E-state index in [2.05, 4.69) is 41.9 Å². The van der Waals surface area contributed by atoms with Crippen molar-refractivity contribution in [3.63, 3.8) is 0 Å². The number of piperazine rings is 1. The first-order valence-corrected chi connectivity index (χ1v) is 23.3. The van der Waals surface area contributed by atoms with Gasteiger partial charge in [-0.3, -0.25) is 19.8 Å². The van der Waals surface area contributed by atoms with E-state index in [4.69, 9.17) is 26.5 Å². The largest absolute Gasteiger partial charge is 0.455 e. The highest BCUT2D eigenvalue weighted by atomic mass is 35.5. The van der Waals surface area contributed by atoms with Crippen molar-refractivity contribution in [1.82, 2.24) is 19.6 Å². The quantitative estimate of drug-likeness (QED) is 0.0502. The summed E-state index contributed by atoms with van der Waals surface area (Å²) in [5, 5.41) is 24.7. The lowest BCUT2D eigenvalue weighted by Gasteiger charge is -2.47. The number of carbonyl (C=O) groups is 1. The van der Waals surface area contributed by atoms with Crippen LogP contribution >= 0.6 is 11.6 Å². The summed E-state index contributed by atoms with van der Waals surface area (Å²) in [7, 11) is -4.68. The van der Waals surface area contributed by atoms with E-state index in [1.165, 1.54) is 60.7 Å². The Hall–Kier alpha value is -5.81. The molecule has 4 N–H and O–H groups in total. The van der Waals surface area contributed by atoms with Gasteiger partial charge in [-0.2, -0.15) is 0 Å². The standard InChI is InChI=1S/C46H49ClN8O7S/c47-33-4-2-30(3-5-33)39-26-46(12-1-13-46)14-8-32(39)29-53-16-18-54(19-17-53)35-6-7-38(43(23-35)62-36-22-31-9-15-49-44(31)50-28-36)45(56)52-63(59,60)37-24-41(51-34-10-20-61-21-11-34)40(27-48)42(25-37)55(57)58/h2-7,9,15,22-25,27-28,34,48,51H,1,8,10-14,16-21,26,29H2,(H,49,50)(H,52,56). The molecule has 9 rings (SSSR count). The fraction of sp³-hybridized carbons (Fsp3) is 0.370. The molecular formula is C46H49ClN8O7S. The van der Waals surface area contributed by atoms with Gasteiger partial charge in [0, 0.05) is 92.6 Å². The van der Waals surface area contributed by atoms with E-state index in [0.29, 0.717) is 42.9 Å². The molecule has 4 aliphatic rings. The normalized spacial score (nSPS) is 18.3. The SMILES string of the molecule is N=Cc1c(NC2CCOCC2)cc(S(=O)(=O)NC(=O)c2ccc(N3CCN(CC4=C(c5ccc(Cl)cc5)CC5(CCC5)CC4)CC3)cc2Oc2cnc3[nH]ccc3c2)cc1[N+](=O)[O-]. The van der Waals surface area contributed by atoms with Crippen LogP contribution in [-0.2, 0) is 14.8 Å². The summed E-state index contributed by atoms with van der Waals surface area (Å²) in [5.41, 5.74) is 5.50. The Morgan fingerprint density at radius 1 is 1.05 bits per heavy atom. The number of nitrogens with one attached hydrogen (secondary N) is 4. The van der Waals surface area contributed by atoms with E-state index >= 15 is 0 Å². The summed E-state index contributed by atoms with van der Waals surface area (Å²) in [6, 6.07) is 18.8. The molecule has 2 aliphatic carbocycles. The summed E-state index contributed by atoms with van der Waals surface area (Å²) < 4.78 is 41.8. The van der Waals surface area contributed by atoms with Crippen molar-refractivity contribution >= 4 is 67.4 Å². The molecule has 17 heteroatoms. The Morgan fingerprint density at radius 2 is 1.83 bits per heavy atom. The topological polar surface area (TPSA) is 196 Å². The number of benzene rings is 3. The number of aromatic amines is 1. The first-order chi connectivity index (χ1) is 30.5. The van der Waals surface area contributed by atoms with Gasteiger partial charge in [0.05, 0.1) is 32.8 Å². The van der Waals surface area contributed by atoms with Gasteiger partial charge in [-0.25, -0.2) is 18.1 Å². The number of H-pyrrole nitrogens is 1. The molecule has 1 amide bonds. The smallest absolute Gasteiger partial charge is 0.281 e. The van der Waals surface area contributed by atoms with Crippen LogP contribution in [0, 0.1) is 20.9 Å². The maximum absolute atomic E-state index is 14.1. The highest BCUT2D eigenvalue weighted by molar-refractivity contribution is 7.90. The number of nitrogens with zero attached hydrogens (tertiary/aromatic N) is 4. The van der Waals surface area contributed by atoms with Gasteiger partial charge in [0.25, 0.3) is 21.6 Å². The number of sulfonamides is 1. The van der Waals surface area contributed by atoms with Gasteiger partial charge in [0.1, 0.15) is 17.1 Å². The molecule has 0 atom stereocenters. The number of nitro benzene ring substituents is 1. The molecule has 1 saturated carbocycles. The van der Waals surface area contributed by atoms with Crippen molar-refractivity contribution in [3.8, 4) is 11.5 Å². The maximum Gasteiger partial charge on any atom is 0.281 e. The van der Waals surface area contributed by atoms with Crippen molar-refractivity contribution in [2.45, 2.75) is 62.3 Å². The minimum Gasteiger partial charge on any atom is -0.455 e. The molecule has 1 spiro atoms. The molecule has 63 heavy (non-hydrogen) atoms. The predicted molar refractivity (Wildman–Crippen MR) is 243 cm³/mol. The van der Waals surface area contributed by atoms with Gasteiger partial charge in [-0.15, -0.1) is 0 Å². The first kappa shape index (κ1) is 42.5. The Bertz CT molecular complexity index is 2700. The second-order valence-corrected chi connectivity index (χ2v) is 19.1. The number of amides is 1. The van der Waals surface area contributed by atoms with Crippen molar-refractivity contribution in [3.05, 3.63) is 117 Å². The van der Waals surface area contributed by atoms with Gasteiger partial charge in [0.15, 0.2) is 0 Å². The van der Waals surface area contributed by atoms with Gasteiger partial charge in [-0.05, 0) is 104 Å². The lowest BCUT2D eigenvalue weighted by Crippen LogP contribution is -2.47. The van der Waals surface area contributed by atoms with Gasteiger partial charge in [-0.1, -0.05) is 35.7 Å². The van der Waals surface area contributed by atoms with Crippen LogP contribution in [0.1, 0.15) is 72.9 Å². The van der Waals surface area contributed by atoms with E-state index < -0.39 is 31.4 Å². The summed E-state index contributed by atoms with van der Waals surface area (Å²) in [4.78, 5) is 37.2. The number of fused-ring (bicyclic) bond motifs is 1. The van der Waals surface area contributed by atoms with E-state index in [1.54, 1.807) is 24.4 Å². The van der Waals surface area contributed by atoms with E-state index in [0.717, 1.165) is 73.9 Å². The summed E-state index contributed by atoms with van der Waals surface area (Å²) >= 11 is 6.28. The molecule has 0 unspecified atom stereocenters. The zero-order valence-corrected chi connectivity index (χ0v) is 36.3. The average Bonchev–Trinajstić information content (AvgIpc) is 3.75. The van der Waals surface area contributed by atoms with Crippen LogP contribution in [0.5, 0.6) is 11.5 Å². The number of aromatic nitrogens is 2. The molecule has 0 radical (unpaired) electrons. The molecule has 2 saturated heterocycles. The van der Waals surface area contributed by atoms with Crippen molar-refractivity contribution in [1.29, 1.82) is 5.41 Å². The van der Waals surface area contributed by atoms with Crippen molar-refractivity contribution in [2.24, 2.45) is 5.41 Å². The minimum absolute atomic E-state index is 0.0653. The fourth-order valence-corrected chi connectivity index (χ4v) is 10.5. The van der Waals surface area contributed by atoms with Crippen molar-refractivity contribution in [2.75, 3.05) is 56.2 Å². The third kappa shape index (κ3) is 9.16. The molecule has 3 aromatic carbocycles. The Balaban J connectivity index is 0.961. The molecule has 0 bridgehead atoms. The van der Waals surface area contributed by atoms with Gasteiger partial charge in [0.2, 0.25) is 0 Å². The third-order valence-electron chi connectivity index (χ3n) is 13.1. The van der Waals surface area contributed by atoms with Crippen LogP contribution in [0.4, 0.5) is 17.1 Å². The lowest BCUT2D eigenvalue weighted by molar-refractivity contribution is -0.385. The maximum atomic E-state index is 14.1. The Morgan fingerprint density at radius 3 is 2.54 bits per heavy atom. The van der Waals surface area contributed by atoms with Gasteiger partial charge < -0.3 is 30.1 Å². The zero-order valence-electron chi connectivity index (χ0n) is 34.7. The molecule has 15 nitrogen and oxygen atoms in total. The molecule has 2 aliphatic heterocycles. The second-order valence-electron chi connectivity index (χ2n) is 17.0. The first-order valence-electron chi connectivity index (χ1n) is 21.4. The minimum atomic E-state index is -4.68. The van der Waals surface area contributed by atoms with Crippen LogP contribution in [0.2, 0.25) is 5.02 Å². The number of ether oxygens (including phenoxy) is 2. The number of rotatable bonds is 13. The lowest BCUT2D eigenvalue weighted by atomic mass is 9.59. The molecule has 4 heterocycles. The fourth-order valence-electron chi connectivity index (χ4n) is 9.39. The number of halogens is 1.